The van der Waals surface area contributed by atoms with Crippen molar-refractivity contribution in [1.82, 2.24) is 29.7 Å². The van der Waals surface area contributed by atoms with Gasteiger partial charge in [0.15, 0.2) is 0 Å². The van der Waals surface area contributed by atoms with Crippen LogP contribution < -0.4 is 5.69 Å². The summed E-state index contributed by atoms with van der Waals surface area (Å²) in [5.41, 5.74) is 0.0295. The van der Waals surface area contributed by atoms with Crippen molar-refractivity contribution < 1.29 is 4.79 Å². The van der Waals surface area contributed by atoms with E-state index in [1.54, 1.807) is 32.4 Å². The number of likely N-dealkylation sites (N-methyl/N-ethyl adjacent to an activating group) is 1. The van der Waals surface area contributed by atoms with Gasteiger partial charge in [0, 0.05) is 32.6 Å². The summed E-state index contributed by atoms with van der Waals surface area (Å²) in [5.74, 6) is -0.247. The van der Waals surface area contributed by atoms with Gasteiger partial charge in [-0.15, -0.1) is 0 Å². The summed E-state index contributed by atoms with van der Waals surface area (Å²) in [6.45, 7) is 0. The van der Waals surface area contributed by atoms with Crippen LogP contribution in [0.15, 0.2) is 35.4 Å². The van der Waals surface area contributed by atoms with E-state index in [4.69, 9.17) is 0 Å². The minimum Gasteiger partial charge on any atom is -0.345 e. The Labute approximate surface area is 108 Å². The highest BCUT2D eigenvalue weighted by Crippen LogP contribution is 1.98. The average Bonchev–Trinajstić information content (AvgIpc) is 2.78. The number of carbonyl (C=O) groups excluding carboxylic acids is 1. The zero-order valence-electron chi connectivity index (χ0n) is 10.5. The average molecular weight is 260 g/mol. The van der Waals surface area contributed by atoms with Gasteiger partial charge in [-0.25, -0.2) is 4.79 Å². The van der Waals surface area contributed by atoms with Gasteiger partial charge in [-0.2, -0.15) is 9.36 Å². The van der Waals surface area contributed by atoms with Crippen LogP contribution in [0, 0.1) is 0 Å². The lowest BCUT2D eigenvalue weighted by Crippen LogP contribution is -2.23. The Morgan fingerprint density at radius 2 is 2.16 bits per heavy atom. The minimum absolute atomic E-state index is 0.247. The molecule has 0 saturated carbocycles. The van der Waals surface area contributed by atoms with Crippen LogP contribution in [-0.2, 0) is 4.79 Å². The van der Waals surface area contributed by atoms with Crippen molar-refractivity contribution in [3.8, 4) is 5.69 Å². The molecule has 0 atom stereocenters. The van der Waals surface area contributed by atoms with E-state index in [0.29, 0.717) is 5.69 Å². The van der Waals surface area contributed by atoms with Crippen LogP contribution in [0.3, 0.4) is 0 Å². The maximum absolute atomic E-state index is 11.9. The van der Waals surface area contributed by atoms with E-state index in [2.05, 4.69) is 15.4 Å². The number of carbonyl (C=O) groups is 1. The van der Waals surface area contributed by atoms with Crippen LogP contribution in [0.2, 0.25) is 0 Å². The molecule has 0 aliphatic heterocycles. The van der Waals surface area contributed by atoms with E-state index >= 15 is 0 Å². The molecule has 8 heteroatoms. The molecule has 0 aliphatic carbocycles. The predicted octanol–water partition coefficient (Wildman–Crippen LogP) is -0.617. The highest BCUT2D eigenvalue weighted by atomic mass is 16.2. The third-order valence-electron chi connectivity index (χ3n) is 2.29. The van der Waals surface area contributed by atoms with Crippen LogP contribution in [0.4, 0.5) is 0 Å². The minimum atomic E-state index is -0.476. The van der Waals surface area contributed by atoms with Crippen molar-refractivity contribution >= 4 is 12.1 Å². The number of pyridine rings is 1. The van der Waals surface area contributed by atoms with Crippen molar-refractivity contribution in [2.75, 3.05) is 14.1 Å². The van der Waals surface area contributed by atoms with Gasteiger partial charge < -0.3 is 4.90 Å². The van der Waals surface area contributed by atoms with Gasteiger partial charge >= 0.3 is 5.69 Å². The molecule has 0 spiro atoms. The molecular formula is C11H12N6O2. The van der Waals surface area contributed by atoms with Gasteiger partial charge in [-0.1, -0.05) is 0 Å². The van der Waals surface area contributed by atoms with Gasteiger partial charge in [-0.05, 0) is 22.6 Å². The van der Waals surface area contributed by atoms with Crippen LogP contribution in [0.5, 0.6) is 0 Å². The summed E-state index contributed by atoms with van der Waals surface area (Å²) in [6.07, 6.45) is 5.60. The lowest BCUT2D eigenvalue weighted by atomic mass is 10.4. The first-order valence-electron chi connectivity index (χ1n) is 5.44. The number of rotatable bonds is 3. The molecule has 0 aliphatic rings. The summed E-state index contributed by atoms with van der Waals surface area (Å²) in [5, 5.41) is 7.36. The first-order valence-corrected chi connectivity index (χ1v) is 5.44. The highest BCUT2D eigenvalue weighted by Gasteiger charge is 2.07. The Balaban J connectivity index is 2.30. The van der Waals surface area contributed by atoms with E-state index in [-0.39, 0.29) is 5.91 Å². The predicted molar refractivity (Wildman–Crippen MR) is 67.4 cm³/mol. The molecule has 0 saturated heterocycles. The Morgan fingerprint density at radius 1 is 1.37 bits per heavy atom. The van der Waals surface area contributed by atoms with Crippen LogP contribution in [0.1, 0.15) is 0 Å². The zero-order valence-corrected chi connectivity index (χ0v) is 10.5. The summed E-state index contributed by atoms with van der Waals surface area (Å²) in [7, 11) is 3.23. The van der Waals surface area contributed by atoms with E-state index < -0.39 is 5.69 Å². The first kappa shape index (κ1) is 12.7. The Hall–Kier alpha value is -2.77. The van der Waals surface area contributed by atoms with Gasteiger partial charge in [-0.3, -0.25) is 9.78 Å². The van der Waals surface area contributed by atoms with Crippen LogP contribution in [-0.4, -0.2) is 49.7 Å². The normalized spacial score (nSPS) is 10.8. The number of hydrogen-bond acceptors (Lipinski definition) is 5. The van der Waals surface area contributed by atoms with Gasteiger partial charge in [0.25, 0.3) is 0 Å². The van der Waals surface area contributed by atoms with Crippen LogP contribution in [0.25, 0.3) is 11.9 Å². The molecular weight excluding hydrogens is 248 g/mol. The first-order chi connectivity index (χ1) is 9.09. The maximum Gasteiger partial charge on any atom is 0.372 e. The lowest BCUT2D eigenvalue weighted by molar-refractivity contribution is -0.123. The summed E-state index contributed by atoms with van der Waals surface area (Å²) >= 11 is 0. The number of aromatic nitrogens is 5. The van der Waals surface area contributed by atoms with Crippen LogP contribution >= 0.6 is 0 Å². The molecule has 98 valence electrons. The third kappa shape index (κ3) is 2.73. The second kappa shape index (κ2) is 5.25. The summed E-state index contributed by atoms with van der Waals surface area (Å²) < 4.78 is 2.08. The van der Waals surface area contributed by atoms with Crippen molar-refractivity contribution in [2.45, 2.75) is 0 Å². The van der Waals surface area contributed by atoms with Crippen molar-refractivity contribution in [1.29, 1.82) is 0 Å². The second-order valence-electron chi connectivity index (χ2n) is 3.88. The number of tetrazole rings is 1. The monoisotopic (exact) mass is 260 g/mol. The standard InChI is InChI=1S/C11H12N6O2/c1-15(2)10(18)5-7-16-11(19)17(14-13-16)9-4-3-6-12-8-9/h3-8H,1-2H3/b7-5+. The van der Waals surface area contributed by atoms with E-state index in [1.807, 2.05) is 0 Å². The van der Waals surface area contributed by atoms with Crippen molar-refractivity contribution in [2.24, 2.45) is 0 Å². The quantitative estimate of drug-likeness (QED) is 0.687. The third-order valence-corrected chi connectivity index (χ3v) is 2.29. The maximum atomic E-state index is 11.9. The molecule has 2 rings (SSSR count). The molecule has 2 heterocycles. The molecule has 19 heavy (non-hydrogen) atoms. The number of nitrogens with zero attached hydrogens (tertiary/aromatic N) is 6. The van der Waals surface area contributed by atoms with E-state index in [1.165, 1.54) is 23.4 Å². The Bertz CT molecular complexity index is 655. The smallest absolute Gasteiger partial charge is 0.345 e. The molecule has 0 bridgehead atoms. The fraction of sp³-hybridized carbons (Fsp3) is 0.182. The molecule has 8 nitrogen and oxygen atoms in total. The zero-order chi connectivity index (χ0) is 13.8. The van der Waals surface area contributed by atoms with Gasteiger partial charge in [0.05, 0.1) is 11.9 Å². The molecule has 2 aromatic heterocycles. The molecule has 2 aromatic rings. The van der Waals surface area contributed by atoms with Crippen molar-refractivity contribution in [3.63, 3.8) is 0 Å². The molecule has 0 aromatic carbocycles. The summed E-state index contributed by atoms with van der Waals surface area (Å²) in [4.78, 5) is 28.6. The second-order valence-corrected chi connectivity index (χ2v) is 3.88. The van der Waals surface area contributed by atoms with E-state index in [9.17, 15) is 9.59 Å². The van der Waals surface area contributed by atoms with Gasteiger partial charge in [0.1, 0.15) is 0 Å². The molecule has 1 amide bonds. The largest absolute Gasteiger partial charge is 0.372 e. The Morgan fingerprint density at radius 3 is 2.79 bits per heavy atom. The molecule has 0 N–H and O–H groups in total. The lowest BCUT2D eigenvalue weighted by Gasteiger charge is -2.04. The molecule has 0 fully saturated rings. The fourth-order valence-corrected chi connectivity index (χ4v) is 1.27. The Kier molecular flexibility index (Phi) is 3.51. The summed E-state index contributed by atoms with van der Waals surface area (Å²) in [6, 6.07) is 3.37. The number of amides is 1. The topological polar surface area (TPSA) is 85.9 Å². The molecule has 0 unspecified atom stereocenters. The highest BCUT2D eigenvalue weighted by molar-refractivity contribution is 5.89. The molecule has 0 radical (unpaired) electrons. The van der Waals surface area contributed by atoms with E-state index in [0.717, 1.165) is 9.36 Å². The van der Waals surface area contributed by atoms with Crippen molar-refractivity contribution in [3.05, 3.63) is 41.1 Å². The fourth-order valence-electron chi connectivity index (χ4n) is 1.27. The SMILES string of the molecule is CN(C)C(=O)/C=C/n1nnn(-c2cccnc2)c1=O. The van der Waals surface area contributed by atoms with Gasteiger partial charge in [0.2, 0.25) is 5.91 Å². The number of hydrogen-bond donors (Lipinski definition) is 0.